The van der Waals surface area contributed by atoms with Gasteiger partial charge in [-0.1, -0.05) is 153 Å². The molecule has 0 saturated carbocycles. The Hall–Kier alpha value is -6.30. The molecule has 0 fully saturated rings. The van der Waals surface area contributed by atoms with Gasteiger partial charge in [0.05, 0.1) is 26.0 Å². The van der Waals surface area contributed by atoms with Crippen molar-refractivity contribution >= 4 is 62.7 Å². The summed E-state index contributed by atoms with van der Waals surface area (Å²) in [7, 11) is -1.75. The zero-order valence-electron chi connectivity index (χ0n) is 40.3. The fourth-order valence-electron chi connectivity index (χ4n) is 12.2. The van der Waals surface area contributed by atoms with Gasteiger partial charge in [0.15, 0.2) is 28.9 Å². The SMILES string of the molecule is CC(C)c1cc(-c2ccccc2)cc(C(C)C)c1-n1c2ccccc2[n+]2c3c(c4ccc5c6ccccc6oc5c4c12)C1c2ccccc2-c2cc(CC(C)(C)C)c([Si](C)(C)C)c[n+]2C1C3. The lowest BCUT2D eigenvalue weighted by atomic mass is 9.80. The molecule has 0 amide bonds. The van der Waals surface area contributed by atoms with Crippen molar-refractivity contribution in [1.82, 2.24) is 4.57 Å². The zero-order chi connectivity index (χ0) is 45.6. The lowest BCUT2D eigenvalue weighted by Gasteiger charge is -2.30. The molecule has 0 saturated heterocycles. The van der Waals surface area contributed by atoms with Gasteiger partial charge in [-0.25, -0.2) is 0 Å². The first-order valence-corrected chi connectivity index (χ1v) is 27.8. The van der Waals surface area contributed by atoms with Crippen LogP contribution in [0.25, 0.3) is 77.5 Å². The second-order valence-corrected chi connectivity index (χ2v) is 27.4. The van der Waals surface area contributed by atoms with Crippen molar-refractivity contribution in [2.45, 2.75) is 105 Å². The Balaban J connectivity index is 1.25. The molecule has 4 aromatic heterocycles. The Morgan fingerprint density at radius 3 is 2.11 bits per heavy atom. The van der Waals surface area contributed by atoms with E-state index >= 15 is 0 Å². The number of furan rings is 1. The highest BCUT2D eigenvalue weighted by Crippen LogP contribution is 2.53. The van der Waals surface area contributed by atoms with E-state index in [9.17, 15) is 0 Å². The summed E-state index contributed by atoms with van der Waals surface area (Å²) < 4.78 is 15.3. The minimum Gasteiger partial charge on any atom is -0.455 e. The van der Waals surface area contributed by atoms with Crippen molar-refractivity contribution in [3.63, 3.8) is 0 Å². The van der Waals surface area contributed by atoms with Crippen LogP contribution in [0.3, 0.4) is 0 Å². The summed E-state index contributed by atoms with van der Waals surface area (Å²) in [6, 6.07) is 50.6. The van der Waals surface area contributed by atoms with Crippen LogP contribution in [-0.4, -0.2) is 12.6 Å². The van der Waals surface area contributed by atoms with Gasteiger partial charge in [0.25, 0.3) is 0 Å². The molecule has 328 valence electrons. The Bertz CT molecular complexity index is 3600. The van der Waals surface area contributed by atoms with Crippen molar-refractivity contribution in [3.8, 4) is 28.1 Å². The quantitative estimate of drug-likeness (QED) is 0.121. The van der Waals surface area contributed by atoms with E-state index in [2.05, 4.69) is 221 Å². The Labute approximate surface area is 390 Å². The summed E-state index contributed by atoms with van der Waals surface area (Å²) >= 11 is 0. The van der Waals surface area contributed by atoms with Gasteiger partial charge in [0, 0.05) is 44.1 Å². The van der Waals surface area contributed by atoms with Crippen LogP contribution < -0.4 is 14.2 Å². The lowest BCUT2D eigenvalue weighted by molar-refractivity contribution is -0.715. The fourth-order valence-corrected chi connectivity index (χ4v) is 13.8. The van der Waals surface area contributed by atoms with E-state index in [4.69, 9.17) is 4.42 Å². The number of fused-ring (bicyclic) bond motifs is 19. The van der Waals surface area contributed by atoms with Crippen molar-refractivity contribution in [2.24, 2.45) is 5.41 Å². The largest absolute Gasteiger partial charge is 0.455 e. The predicted molar refractivity (Wildman–Crippen MR) is 278 cm³/mol. The third kappa shape index (κ3) is 6.08. The molecule has 1 aliphatic heterocycles. The van der Waals surface area contributed by atoms with Crippen molar-refractivity contribution in [2.75, 3.05) is 0 Å². The predicted octanol–water partition coefficient (Wildman–Crippen LogP) is 14.7. The first kappa shape index (κ1) is 41.2. The van der Waals surface area contributed by atoms with E-state index < -0.39 is 8.07 Å². The van der Waals surface area contributed by atoms with E-state index in [-0.39, 0.29) is 29.2 Å². The number of nitrogens with zero attached hydrogens (tertiary/aromatic N) is 3. The van der Waals surface area contributed by atoms with Crippen LogP contribution in [0.2, 0.25) is 19.6 Å². The lowest BCUT2D eigenvalue weighted by Crippen LogP contribution is -2.53. The van der Waals surface area contributed by atoms with Gasteiger partial charge < -0.3 is 4.42 Å². The number of rotatable bonds is 6. The number of pyridine rings is 2. The summed E-state index contributed by atoms with van der Waals surface area (Å²) in [6.45, 7) is 24.2. The van der Waals surface area contributed by atoms with E-state index in [0.717, 1.165) is 34.8 Å². The normalized spacial score (nSPS) is 16.0. The van der Waals surface area contributed by atoms with E-state index in [1.807, 2.05) is 0 Å². The number of hydrogen-bond donors (Lipinski definition) is 0. The molecule has 12 rings (SSSR count). The van der Waals surface area contributed by atoms with Crippen LogP contribution in [0.15, 0.2) is 144 Å². The highest BCUT2D eigenvalue weighted by Gasteiger charge is 2.51. The van der Waals surface area contributed by atoms with Crippen LogP contribution in [-0.2, 0) is 12.8 Å². The minimum atomic E-state index is -1.75. The maximum absolute atomic E-state index is 7.19. The van der Waals surface area contributed by atoms with Gasteiger partial charge in [-0.15, -0.1) is 0 Å². The van der Waals surface area contributed by atoms with Crippen LogP contribution in [0, 0.1) is 5.41 Å². The Morgan fingerprint density at radius 2 is 1.38 bits per heavy atom. The number of benzene rings is 6. The van der Waals surface area contributed by atoms with Gasteiger partial charge in [-0.2, -0.15) is 13.5 Å². The standard InChI is InChI=1S/C61H61N3OSi/c1-36(2)46-30-39(38-20-12-11-13-21-38)31-47(37(3)4)58(46)64-49-26-18-17-25-48(49)63-52-33-51-55(56(52)45-29-28-44-42-23-16-19-27-53(42)65-59(44)57(45)60(63)64)43-24-15-14-22-41(43)50-32-40(34-61(5,6)7)54(35-62(50)51)66(8,9)10/h11-32,35-37,51,55H,33-34H2,1-10H3/q+2. The third-order valence-corrected chi connectivity index (χ3v) is 17.0. The molecule has 2 unspecified atom stereocenters. The maximum Gasteiger partial charge on any atom is 0.304 e. The molecule has 2 atom stereocenters. The first-order chi connectivity index (χ1) is 31.7. The monoisotopic (exact) mass is 879 g/mol. The molecule has 0 N–H and O–H groups in total. The number of para-hydroxylation sites is 3. The Morgan fingerprint density at radius 1 is 0.712 bits per heavy atom. The molecule has 5 heteroatoms. The average molecular weight is 880 g/mol. The van der Waals surface area contributed by atoms with Crippen molar-refractivity contribution < 1.29 is 13.4 Å². The molecule has 0 bridgehead atoms. The second-order valence-electron chi connectivity index (χ2n) is 22.3. The number of aromatic nitrogens is 3. The molecule has 5 heterocycles. The topological polar surface area (TPSA) is 26.1 Å². The molecule has 1 aliphatic carbocycles. The first-order valence-electron chi connectivity index (χ1n) is 24.3. The number of imidazole rings is 1. The average Bonchev–Trinajstić information content (AvgIpc) is 3.98. The molecular formula is C61H61N3OSi+2. The molecule has 4 nitrogen and oxygen atoms in total. The molecule has 10 aromatic rings. The molecule has 2 aliphatic rings. The zero-order valence-corrected chi connectivity index (χ0v) is 41.3. The van der Waals surface area contributed by atoms with Crippen LogP contribution >= 0.6 is 0 Å². The van der Waals surface area contributed by atoms with Crippen molar-refractivity contribution in [1.29, 1.82) is 0 Å². The van der Waals surface area contributed by atoms with Gasteiger partial charge in [0.2, 0.25) is 5.69 Å². The molecule has 66 heavy (non-hydrogen) atoms. The Kier molecular flexibility index (Phi) is 9.10. The second kappa shape index (κ2) is 14.6. The summed E-state index contributed by atoms with van der Waals surface area (Å²) in [5.74, 6) is 0.693. The summed E-state index contributed by atoms with van der Waals surface area (Å²) in [5, 5.41) is 6.38. The molecule has 6 aromatic carbocycles. The van der Waals surface area contributed by atoms with Crippen LogP contribution in [0.5, 0.6) is 0 Å². The van der Waals surface area contributed by atoms with E-state index in [0.29, 0.717) is 0 Å². The highest BCUT2D eigenvalue weighted by atomic mass is 28.3. The number of hydrogen-bond acceptors (Lipinski definition) is 1. The molecule has 0 radical (unpaired) electrons. The fraction of sp³-hybridized carbons (Fsp3) is 0.279. The summed E-state index contributed by atoms with van der Waals surface area (Å²) in [6.07, 6.45) is 4.61. The highest BCUT2D eigenvalue weighted by molar-refractivity contribution is 6.89. The van der Waals surface area contributed by atoms with Gasteiger partial charge >= 0.3 is 5.65 Å². The van der Waals surface area contributed by atoms with E-state index in [1.54, 1.807) is 5.19 Å². The van der Waals surface area contributed by atoms with Crippen LogP contribution in [0.1, 0.15) is 106 Å². The van der Waals surface area contributed by atoms with Gasteiger partial charge in [-0.05, 0) is 88.4 Å². The van der Waals surface area contributed by atoms with E-state index in [1.165, 1.54) is 89.0 Å². The van der Waals surface area contributed by atoms with Crippen molar-refractivity contribution in [3.05, 3.63) is 173 Å². The van der Waals surface area contributed by atoms with Gasteiger partial charge in [-0.3, -0.25) is 0 Å². The molecule has 0 spiro atoms. The third-order valence-electron chi connectivity index (χ3n) is 14.9. The smallest absolute Gasteiger partial charge is 0.304 e. The van der Waals surface area contributed by atoms with Gasteiger partial charge in [0.1, 0.15) is 22.4 Å². The minimum absolute atomic E-state index is 0.155. The maximum atomic E-state index is 7.19. The van der Waals surface area contributed by atoms with Crippen LogP contribution in [0.4, 0.5) is 0 Å². The summed E-state index contributed by atoms with van der Waals surface area (Å²) in [5.41, 5.74) is 20.7. The summed E-state index contributed by atoms with van der Waals surface area (Å²) in [4.78, 5) is 0. The molecular weight excluding hydrogens is 819 g/mol.